The molecule has 0 bridgehead atoms. The van der Waals surface area contributed by atoms with Crippen molar-refractivity contribution in [3.63, 3.8) is 0 Å². The maximum absolute atomic E-state index is 11.8. The fourth-order valence-electron chi connectivity index (χ4n) is 1.87. The number of nitrogens with one attached hydrogen (secondary N) is 2. The molecule has 6 heteroatoms. The van der Waals surface area contributed by atoms with Crippen molar-refractivity contribution in [2.24, 2.45) is 0 Å². The lowest BCUT2D eigenvalue weighted by molar-refractivity contribution is -0.116. The Morgan fingerprint density at radius 2 is 1.84 bits per heavy atom. The molecule has 1 aromatic rings. The average Bonchev–Trinajstić information content (AvgIpc) is 2.38. The first-order valence-corrected chi connectivity index (χ1v) is 6.86. The number of hydrogen-bond donors (Lipinski definition) is 2. The molecule has 106 valence electrons. The lowest BCUT2D eigenvalue weighted by Crippen LogP contribution is -2.30. The summed E-state index contributed by atoms with van der Waals surface area (Å²) in [6.45, 7) is 8.86. The third-order valence-corrected chi connectivity index (χ3v) is 2.80. The largest absolute Gasteiger partial charge is 0.314 e. The number of carbonyl (C=O) groups excluding carboxylic acids is 1. The molecule has 6 nitrogen and oxygen atoms in total. The van der Waals surface area contributed by atoms with Crippen LogP contribution in [0.2, 0.25) is 0 Å². The number of nitrogens with zero attached hydrogens (tertiary/aromatic N) is 3. The maximum Gasteiger partial charge on any atom is 0.249 e. The summed E-state index contributed by atoms with van der Waals surface area (Å²) in [4.78, 5) is 16.1. The topological polar surface area (TPSA) is 79.8 Å². The molecule has 19 heavy (non-hydrogen) atoms. The third-order valence-electron chi connectivity index (χ3n) is 2.80. The molecule has 0 radical (unpaired) electrons. The normalized spacial score (nSPS) is 12.2. The molecule has 1 heterocycles. The van der Waals surface area contributed by atoms with Crippen molar-refractivity contribution >= 4 is 11.9 Å². The average molecular weight is 265 g/mol. The molecule has 0 spiro atoms. The van der Waals surface area contributed by atoms with E-state index in [0.29, 0.717) is 12.4 Å². The van der Waals surface area contributed by atoms with Gasteiger partial charge in [0.25, 0.3) is 0 Å². The second-order valence-electron chi connectivity index (χ2n) is 4.45. The second-order valence-corrected chi connectivity index (χ2v) is 4.45. The minimum atomic E-state index is -0.0958. The fourth-order valence-corrected chi connectivity index (χ4v) is 1.87. The second kappa shape index (κ2) is 7.78. The number of carbonyl (C=O) groups is 1. The Bertz CT molecular complexity index is 421. The van der Waals surface area contributed by atoms with Gasteiger partial charge in [0, 0.05) is 12.5 Å². The van der Waals surface area contributed by atoms with Crippen LogP contribution in [0, 0.1) is 0 Å². The van der Waals surface area contributed by atoms with Crippen LogP contribution in [0.1, 0.15) is 45.5 Å². The monoisotopic (exact) mass is 265 g/mol. The smallest absolute Gasteiger partial charge is 0.249 e. The minimum absolute atomic E-state index is 0.0958. The third kappa shape index (κ3) is 4.90. The molecular weight excluding hydrogens is 242 g/mol. The van der Waals surface area contributed by atoms with Gasteiger partial charge in [0.2, 0.25) is 11.9 Å². The highest BCUT2D eigenvalue weighted by molar-refractivity contribution is 5.89. The molecule has 0 saturated carbocycles. The van der Waals surface area contributed by atoms with E-state index < -0.39 is 0 Å². The zero-order valence-corrected chi connectivity index (χ0v) is 12.2. The van der Waals surface area contributed by atoms with Crippen LogP contribution >= 0.6 is 0 Å². The summed E-state index contributed by atoms with van der Waals surface area (Å²) in [5.74, 6) is 0.198. The molecule has 1 amide bonds. The Morgan fingerprint density at radius 1 is 1.16 bits per heavy atom. The van der Waals surface area contributed by atoms with Gasteiger partial charge in [-0.2, -0.15) is 0 Å². The van der Waals surface area contributed by atoms with E-state index in [1.54, 1.807) is 0 Å². The molecular formula is C13H23N5O. The molecule has 1 aromatic heterocycles. The van der Waals surface area contributed by atoms with E-state index >= 15 is 0 Å². The van der Waals surface area contributed by atoms with E-state index in [9.17, 15) is 4.79 Å². The summed E-state index contributed by atoms with van der Waals surface area (Å²) in [7, 11) is 0. The highest BCUT2D eigenvalue weighted by Gasteiger charge is 2.11. The Kier molecular flexibility index (Phi) is 6.35. The van der Waals surface area contributed by atoms with Gasteiger partial charge in [-0.1, -0.05) is 20.8 Å². The van der Waals surface area contributed by atoms with Crippen molar-refractivity contribution in [3.8, 4) is 0 Å². The maximum atomic E-state index is 11.8. The van der Waals surface area contributed by atoms with Crippen LogP contribution in [-0.2, 0) is 17.6 Å². The van der Waals surface area contributed by atoms with Gasteiger partial charge in [-0.05, 0) is 26.3 Å². The molecule has 0 aliphatic rings. The number of hydrogen-bond acceptors (Lipinski definition) is 5. The van der Waals surface area contributed by atoms with Crippen molar-refractivity contribution < 1.29 is 4.79 Å². The minimum Gasteiger partial charge on any atom is -0.314 e. The van der Waals surface area contributed by atoms with Crippen molar-refractivity contribution in [3.05, 3.63) is 11.4 Å². The van der Waals surface area contributed by atoms with E-state index in [1.807, 2.05) is 27.7 Å². The molecule has 1 rings (SSSR count). The van der Waals surface area contributed by atoms with E-state index in [4.69, 9.17) is 0 Å². The Hall–Kier alpha value is -1.56. The van der Waals surface area contributed by atoms with Gasteiger partial charge < -0.3 is 5.32 Å². The number of rotatable bonds is 7. The van der Waals surface area contributed by atoms with Crippen LogP contribution in [0.15, 0.2) is 0 Å². The standard InChI is InChI=1S/C13H23N5O/c1-5-10-11(6-2)17-18-13(15-10)16-12(19)8-9(4)14-7-3/h9,14H,5-8H2,1-4H3,(H,15,16,18,19). The summed E-state index contributed by atoms with van der Waals surface area (Å²) in [6.07, 6.45) is 1.98. The van der Waals surface area contributed by atoms with Crippen LogP contribution in [-0.4, -0.2) is 33.7 Å². The quantitative estimate of drug-likeness (QED) is 0.777. The van der Waals surface area contributed by atoms with Crippen LogP contribution in [0.3, 0.4) is 0 Å². The SMILES string of the molecule is CCNC(C)CC(=O)Nc1nnc(CC)c(CC)n1. The zero-order valence-electron chi connectivity index (χ0n) is 12.2. The number of amides is 1. The van der Waals surface area contributed by atoms with Gasteiger partial charge in [-0.15, -0.1) is 10.2 Å². The van der Waals surface area contributed by atoms with Crippen LogP contribution < -0.4 is 10.6 Å². The Labute approximate surface area is 114 Å². The van der Waals surface area contributed by atoms with E-state index in [1.165, 1.54) is 0 Å². The lowest BCUT2D eigenvalue weighted by atomic mass is 10.2. The number of aryl methyl sites for hydroxylation is 2. The van der Waals surface area contributed by atoms with Crippen LogP contribution in [0.4, 0.5) is 5.95 Å². The van der Waals surface area contributed by atoms with Gasteiger partial charge in [0.15, 0.2) is 0 Å². The Morgan fingerprint density at radius 3 is 2.42 bits per heavy atom. The number of aromatic nitrogens is 3. The first kappa shape index (κ1) is 15.5. The van der Waals surface area contributed by atoms with Gasteiger partial charge in [0.05, 0.1) is 11.4 Å². The van der Waals surface area contributed by atoms with Crippen molar-refractivity contribution in [1.82, 2.24) is 20.5 Å². The fraction of sp³-hybridized carbons (Fsp3) is 0.692. The zero-order chi connectivity index (χ0) is 14.3. The molecule has 0 saturated heterocycles. The number of anilines is 1. The highest BCUT2D eigenvalue weighted by atomic mass is 16.1. The molecule has 2 N–H and O–H groups in total. The molecule has 0 fully saturated rings. The summed E-state index contributed by atoms with van der Waals surface area (Å²) in [5, 5.41) is 13.9. The first-order valence-electron chi connectivity index (χ1n) is 6.86. The molecule has 0 aliphatic heterocycles. The molecule has 1 unspecified atom stereocenters. The van der Waals surface area contributed by atoms with E-state index in [0.717, 1.165) is 30.8 Å². The molecule has 0 aromatic carbocycles. The van der Waals surface area contributed by atoms with Gasteiger partial charge in [0.1, 0.15) is 0 Å². The summed E-state index contributed by atoms with van der Waals surface area (Å²) < 4.78 is 0. The van der Waals surface area contributed by atoms with Crippen molar-refractivity contribution in [2.75, 3.05) is 11.9 Å². The predicted octanol–water partition coefficient (Wildman–Crippen LogP) is 1.32. The summed E-state index contributed by atoms with van der Waals surface area (Å²) in [5.41, 5.74) is 1.79. The molecule has 0 aliphatic carbocycles. The summed E-state index contributed by atoms with van der Waals surface area (Å²) >= 11 is 0. The van der Waals surface area contributed by atoms with Gasteiger partial charge in [-0.25, -0.2) is 4.98 Å². The first-order chi connectivity index (χ1) is 9.10. The van der Waals surface area contributed by atoms with Crippen LogP contribution in [0.5, 0.6) is 0 Å². The van der Waals surface area contributed by atoms with Crippen LogP contribution in [0.25, 0.3) is 0 Å². The van der Waals surface area contributed by atoms with Gasteiger partial charge >= 0.3 is 0 Å². The lowest BCUT2D eigenvalue weighted by Gasteiger charge is -2.11. The van der Waals surface area contributed by atoms with Crippen molar-refractivity contribution in [1.29, 1.82) is 0 Å². The van der Waals surface area contributed by atoms with E-state index in [-0.39, 0.29) is 11.9 Å². The van der Waals surface area contributed by atoms with Gasteiger partial charge in [-0.3, -0.25) is 10.1 Å². The van der Waals surface area contributed by atoms with E-state index in [2.05, 4.69) is 25.8 Å². The summed E-state index contributed by atoms with van der Waals surface area (Å²) in [6, 6.07) is 0.138. The Balaban J connectivity index is 2.64. The molecule has 1 atom stereocenters. The predicted molar refractivity (Wildman–Crippen MR) is 75.0 cm³/mol. The van der Waals surface area contributed by atoms with Crippen molar-refractivity contribution in [2.45, 2.75) is 53.0 Å². The highest BCUT2D eigenvalue weighted by Crippen LogP contribution is 2.07.